The lowest BCUT2D eigenvalue weighted by atomic mass is 9.89. The third-order valence-corrected chi connectivity index (χ3v) is 5.73. The van der Waals surface area contributed by atoms with Gasteiger partial charge in [0, 0.05) is 43.4 Å². The Morgan fingerprint density at radius 3 is 2.48 bits per heavy atom. The molecule has 2 amide bonds. The molecule has 33 heavy (non-hydrogen) atoms. The summed E-state index contributed by atoms with van der Waals surface area (Å²) in [4.78, 5) is 17.6. The van der Waals surface area contributed by atoms with Crippen LogP contribution in [0.4, 0.5) is 32.4 Å². The number of benzene rings is 1. The normalized spacial score (nSPS) is 17.0. The number of hydrogen-bond donors (Lipinski definition) is 3. The highest BCUT2D eigenvalue weighted by molar-refractivity contribution is 5.89. The molecule has 180 valence electrons. The predicted molar refractivity (Wildman–Crippen MR) is 110 cm³/mol. The monoisotopic (exact) mass is 473 g/mol. The minimum absolute atomic E-state index is 0.0159. The van der Waals surface area contributed by atoms with Crippen molar-refractivity contribution in [3.63, 3.8) is 0 Å². The number of hydrogen-bond acceptors (Lipinski definition) is 4. The Bertz CT molecular complexity index is 1010. The summed E-state index contributed by atoms with van der Waals surface area (Å²) in [6.07, 6.45) is -5.09. The van der Waals surface area contributed by atoms with Crippen molar-refractivity contribution in [2.45, 2.75) is 44.1 Å². The van der Waals surface area contributed by atoms with Gasteiger partial charge >= 0.3 is 12.2 Å². The lowest BCUT2D eigenvalue weighted by Crippen LogP contribution is -2.45. The van der Waals surface area contributed by atoms with Gasteiger partial charge in [-0.25, -0.2) is 13.6 Å². The number of nitrogens with zero attached hydrogens (tertiary/aromatic N) is 2. The van der Waals surface area contributed by atoms with E-state index in [1.165, 1.54) is 11.0 Å². The van der Waals surface area contributed by atoms with Crippen molar-refractivity contribution in [2.24, 2.45) is 0 Å². The van der Waals surface area contributed by atoms with E-state index in [1.807, 2.05) is 0 Å². The first-order chi connectivity index (χ1) is 15.5. The third-order valence-electron chi connectivity index (χ3n) is 5.73. The Hall–Kier alpha value is -2.79. The summed E-state index contributed by atoms with van der Waals surface area (Å²) in [6.45, 7) is 0.813. The molecular weight excluding hydrogens is 449 g/mol. The second-order valence-electron chi connectivity index (χ2n) is 7.90. The molecule has 0 saturated carbocycles. The molecule has 0 bridgehead atoms. The summed E-state index contributed by atoms with van der Waals surface area (Å²) in [5.74, 6) is -0.961. The fraction of sp³-hybridized carbons (Fsp3) is 0.455. The number of rotatable bonds is 5. The zero-order chi connectivity index (χ0) is 24.4. The lowest BCUT2D eigenvalue weighted by Gasteiger charge is -2.36. The SMILES string of the molecule is CCc1cc(NC(=O)N2CCC(F)(c3ncc([C@H](O)CO)cc3F)CC2)ccc1C(F)(F)F. The van der Waals surface area contributed by atoms with E-state index in [1.54, 1.807) is 6.92 Å². The fourth-order valence-corrected chi connectivity index (χ4v) is 3.81. The van der Waals surface area contributed by atoms with Gasteiger partial charge in [0.15, 0.2) is 5.67 Å². The topological polar surface area (TPSA) is 85.7 Å². The van der Waals surface area contributed by atoms with E-state index in [2.05, 4.69) is 10.3 Å². The Kier molecular flexibility index (Phi) is 7.23. The van der Waals surface area contributed by atoms with Crippen molar-refractivity contribution in [3.05, 3.63) is 58.7 Å². The van der Waals surface area contributed by atoms with E-state index in [0.717, 1.165) is 24.4 Å². The van der Waals surface area contributed by atoms with Crippen LogP contribution in [0.5, 0.6) is 0 Å². The average Bonchev–Trinajstić information content (AvgIpc) is 2.77. The molecule has 2 aromatic rings. The lowest BCUT2D eigenvalue weighted by molar-refractivity contribution is -0.138. The van der Waals surface area contributed by atoms with Gasteiger partial charge in [0.1, 0.15) is 17.6 Å². The summed E-state index contributed by atoms with van der Waals surface area (Å²) in [7, 11) is 0. The molecule has 1 saturated heterocycles. The van der Waals surface area contributed by atoms with E-state index in [-0.39, 0.29) is 49.2 Å². The molecule has 1 fully saturated rings. The number of anilines is 1. The number of carbonyl (C=O) groups is 1. The molecule has 1 aromatic heterocycles. The van der Waals surface area contributed by atoms with Gasteiger partial charge in [0.25, 0.3) is 0 Å². The zero-order valence-corrected chi connectivity index (χ0v) is 17.8. The Labute approximate surface area is 187 Å². The Balaban J connectivity index is 1.67. The molecule has 1 atom stereocenters. The Morgan fingerprint density at radius 2 is 1.94 bits per heavy atom. The molecule has 0 spiro atoms. The molecule has 6 nitrogen and oxygen atoms in total. The van der Waals surface area contributed by atoms with Crippen molar-refractivity contribution in [1.82, 2.24) is 9.88 Å². The van der Waals surface area contributed by atoms with Crippen molar-refractivity contribution >= 4 is 11.7 Å². The first-order valence-corrected chi connectivity index (χ1v) is 10.4. The van der Waals surface area contributed by atoms with Crippen molar-refractivity contribution in [3.8, 4) is 0 Å². The quantitative estimate of drug-likeness (QED) is 0.565. The van der Waals surface area contributed by atoms with Crippen molar-refractivity contribution < 1.29 is 37.0 Å². The maximum Gasteiger partial charge on any atom is 0.416 e. The summed E-state index contributed by atoms with van der Waals surface area (Å²) >= 11 is 0. The summed E-state index contributed by atoms with van der Waals surface area (Å²) in [5, 5.41) is 21.0. The van der Waals surface area contributed by atoms with Crippen LogP contribution < -0.4 is 5.32 Å². The molecule has 11 heteroatoms. The first-order valence-electron chi connectivity index (χ1n) is 10.4. The molecule has 0 aliphatic carbocycles. The van der Waals surface area contributed by atoms with Crippen LogP contribution in [0, 0.1) is 5.82 Å². The fourth-order valence-electron chi connectivity index (χ4n) is 3.81. The van der Waals surface area contributed by atoms with Gasteiger partial charge in [-0.2, -0.15) is 13.2 Å². The van der Waals surface area contributed by atoms with Crippen LogP contribution in [0.3, 0.4) is 0 Å². The number of pyridine rings is 1. The number of aromatic nitrogens is 1. The van der Waals surface area contributed by atoms with E-state index < -0.39 is 47.7 Å². The average molecular weight is 473 g/mol. The van der Waals surface area contributed by atoms with Crippen LogP contribution in [-0.4, -0.2) is 45.8 Å². The number of piperidine rings is 1. The zero-order valence-electron chi connectivity index (χ0n) is 17.8. The highest BCUT2D eigenvalue weighted by atomic mass is 19.4. The van der Waals surface area contributed by atoms with Crippen LogP contribution >= 0.6 is 0 Å². The first kappa shape index (κ1) is 24.8. The van der Waals surface area contributed by atoms with Gasteiger partial charge in [-0.3, -0.25) is 4.98 Å². The number of aliphatic hydroxyl groups is 2. The molecule has 1 aliphatic heterocycles. The Morgan fingerprint density at radius 1 is 1.27 bits per heavy atom. The van der Waals surface area contributed by atoms with Crippen molar-refractivity contribution in [1.29, 1.82) is 0 Å². The van der Waals surface area contributed by atoms with E-state index in [9.17, 15) is 27.5 Å². The number of halogens is 5. The number of nitrogens with one attached hydrogen (secondary N) is 1. The molecule has 2 heterocycles. The van der Waals surface area contributed by atoms with Gasteiger partial charge in [0.2, 0.25) is 0 Å². The smallest absolute Gasteiger partial charge is 0.393 e. The molecule has 1 aliphatic rings. The molecule has 3 N–H and O–H groups in total. The number of alkyl halides is 4. The molecular formula is C22H24F5N3O3. The number of aliphatic hydroxyl groups excluding tert-OH is 2. The van der Waals surface area contributed by atoms with Gasteiger partial charge in [-0.15, -0.1) is 0 Å². The predicted octanol–water partition coefficient (Wildman–Crippen LogP) is 4.32. The maximum atomic E-state index is 15.4. The highest BCUT2D eigenvalue weighted by Crippen LogP contribution is 2.38. The number of urea groups is 1. The van der Waals surface area contributed by atoms with Crippen LogP contribution in [0.15, 0.2) is 30.5 Å². The maximum absolute atomic E-state index is 15.4. The minimum Gasteiger partial charge on any atom is -0.393 e. The summed E-state index contributed by atoms with van der Waals surface area (Å²) in [5.41, 5.74) is -3.09. The van der Waals surface area contributed by atoms with Crippen LogP contribution in [0.2, 0.25) is 0 Å². The largest absolute Gasteiger partial charge is 0.416 e. The van der Waals surface area contributed by atoms with E-state index >= 15 is 4.39 Å². The summed E-state index contributed by atoms with van der Waals surface area (Å²) < 4.78 is 69.0. The van der Waals surface area contributed by atoms with Gasteiger partial charge in [-0.05, 0) is 36.2 Å². The highest BCUT2D eigenvalue weighted by Gasteiger charge is 2.41. The van der Waals surface area contributed by atoms with Crippen LogP contribution in [0.1, 0.15) is 48.3 Å². The molecule has 0 radical (unpaired) electrons. The minimum atomic E-state index is -4.50. The second-order valence-corrected chi connectivity index (χ2v) is 7.90. The number of likely N-dealkylation sites (tertiary alicyclic amines) is 1. The molecule has 3 rings (SSSR count). The summed E-state index contributed by atoms with van der Waals surface area (Å²) in [6, 6.07) is 3.63. The van der Waals surface area contributed by atoms with E-state index in [0.29, 0.717) is 0 Å². The molecule has 0 unspecified atom stereocenters. The molecule has 1 aromatic carbocycles. The van der Waals surface area contributed by atoms with Crippen LogP contribution in [0.25, 0.3) is 0 Å². The number of carbonyl (C=O) groups excluding carboxylic acids is 1. The number of amides is 2. The van der Waals surface area contributed by atoms with Gasteiger partial charge in [0.05, 0.1) is 12.2 Å². The number of aryl methyl sites for hydroxylation is 1. The van der Waals surface area contributed by atoms with Gasteiger partial charge < -0.3 is 20.4 Å². The standard InChI is InChI=1S/C22H24F5N3O3/c1-2-13-9-15(3-4-16(13)22(25,26)27)29-20(33)30-7-5-21(24,6-8-30)19-17(23)10-14(11-28-19)18(32)12-31/h3-4,9-11,18,31-32H,2,5-8,12H2,1H3,(H,29,33)/t18-/m1/s1. The van der Waals surface area contributed by atoms with E-state index in [4.69, 9.17) is 5.11 Å². The van der Waals surface area contributed by atoms with Crippen LogP contribution in [-0.2, 0) is 18.3 Å². The van der Waals surface area contributed by atoms with Gasteiger partial charge in [-0.1, -0.05) is 6.92 Å². The van der Waals surface area contributed by atoms with Crippen molar-refractivity contribution in [2.75, 3.05) is 25.0 Å². The third kappa shape index (κ3) is 5.41. The second kappa shape index (κ2) is 9.60.